The fourth-order valence-electron chi connectivity index (χ4n) is 3.53. The van der Waals surface area contributed by atoms with Crippen molar-refractivity contribution in [2.75, 3.05) is 26.2 Å². The van der Waals surface area contributed by atoms with Gasteiger partial charge in [0.1, 0.15) is 0 Å². The molecule has 0 spiro atoms. The molecule has 0 unspecified atom stereocenters. The maximum atomic E-state index is 13.3. The highest BCUT2D eigenvalue weighted by atomic mass is 35.5. The van der Waals surface area contributed by atoms with Crippen LogP contribution in [0.2, 0.25) is 5.02 Å². The zero-order valence-electron chi connectivity index (χ0n) is 16.0. The normalized spacial score (nSPS) is 14.5. The number of nitrogens with zero attached hydrogens (tertiary/aromatic N) is 4. The number of carbonyl (C=O) groups excluding carboxylic acids is 2. The molecule has 144 valence electrons. The van der Waals surface area contributed by atoms with Crippen LogP contribution in [0.25, 0.3) is 5.69 Å². The van der Waals surface area contributed by atoms with Crippen molar-refractivity contribution in [2.24, 2.45) is 0 Å². The van der Waals surface area contributed by atoms with Gasteiger partial charge in [-0.15, -0.1) is 0 Å². The Kier molecular flexibility index (Phi) is 5.85. The standard InChI is InChI=1S/C20H25ClN4O2/c1-4-16-19(20(27)24-12-10-23(11-13-24)14(3)26)17(5-2)25(22-16)18-9-7-6-8-15(18)21/h6-9H,4-5,10-13H2,1-3H3. The predicted octanol–water partition coefficient (Wildman–Crippen LogP) is 2.95. The van der Waals surface area contributed by atoms with Crippen LogP contribution in [0.5, 0.6) is 0 Å². The van der Waals surface area contributed by atoms with E-state index < -0.39 is 0 Å². The molecule has 0 saturated carbocycles. The summed E-state index contributed by atoms with van der Waals surface area (Å²) in [4.78, 5) is 28.4. The van der Waals surface area contributed by atoms with E-state index in [4.69, 9.17) is 16.7 Å². The van der Waals surface area contributed by atoms with Crippen molar-refractivity contribution in [1.29, 1.82) is 0 Å². The molecule has 7 heteroatoms. The van der Waals surface area contributed by atoms with Gasteiger partial charge in [-0.25, -0.2) is 4.68 Å². The van der Waals surface area contributed by atoms with Crippen LogP contribution in [0.1, 0.15) is 42.5 Å². The minimum atomic E-state index is -0.00907. The van der Waals surface area contributed by atoms with E-state index in [1.54, 1.807) is 16.5 Å². The zero-order chi connectivity index (χ0) is 19.6. The SMILES string of the molecule is CCc1nn(-c2ccccc2Cl)c(CC)c1C(=O)N1CCN(C(C)=O)CC1. The molecule has 1 aliphatic rings. The Morgan fingerprint density at radius 1 is 1.04 bits per heavy atom. The topological polar surface area (TPSA) is 58.4 Å². The van der Waals surface area contributed by atoms with Crippen LogP contribution in [0, 0.1) is 0 Å². The van der Waals surface area contributed by atoms with Gasteiger partial charge in [-0.05, 0) is 25.0 Å². The molecular formula is C20H25ClN4O2. The van der Waals surface area contributed by atoms with Gasteiger partial charge in [-0.1, -0.05) is 37.6 Å². The van der Waals surface area contributed by atoms with Gasteiger partial charge in [0.25, 0.3) is 5.91 Å². The molecule has 27 heavy (non-hydrogen) atoms. The number of rotatable bonds is 4. The van der Waals surface area contributed by atoms with Gasteiger partial charge in [0.05, 0.1) is 27.7 Å². The van der Waals surface area contributed by atoms with Crippen molar-refractivity contribution in [3.05, 3.63) is 46.2 Å². The summed E-state index contributed by atoms with van der Waals surface area (Å²) in [7, 11) is 0. The van der Waals surface area contributed by atoms with Crippen LogP contribution in [0.3, 0.4) is 0 Å². The van der Waals surface area contributed by atoms with Gasteiger partial charge < -0.3 is 9.80 Å². The van der Waals surface area contributed by atoms with Gasteiger partial charge in [0.2, 0.25) is 5.91 Å². The lowest BCUT2D eigenvalue weighted by atomic mass is 10.1. The fourth-order valence-corrected chi connectivity index (χ4v) is 3.75. The molecule has 2 amide bonds. The lowest BCUT2D eigenvalue weighted by Crippen LogP contribution is -2.50. The Hall–Kier alpha value is -2.34. The lowest BCUT2D eigenvalue weighted by Gasteiger charge is -2.34. The van der Waals surface area contributed by atoms with Crippen LogP contribution >= 0.6 is 11.6 Å². The number of aromatic nitrogens is 2. The molecule has 0 N–H and O–H groups in total. The number of halogens is 1. The second-order valence-corrected chi connectivity index (χ2v) is 7.04. The van der Waals surface area contributed by atoms with E-state index >= 15 is 0 Å². The third-order valence-corrected chi connectivity index (χ3v) is 5.35. The minimum absolute atomic E-state index is 0.00907. The quantitative estimate of drug-likeness (QED) is 0.809. The first-order chi connectivity index (χ1) is 13.0. The molecule has 0 atom stereocenters. The Labute approximate surface area is 164 Å². The second kappa shape index (κ2) is 8.13. The van der Waals surface area contributed by atoms with Crippen molar-refractivity contribution in [3.8, 4) is 5.69 Å². The summed E-state index contributed by atoms with van der Waals surface area (Å²) in [6.07, 6.45) is 1.34. The van der Waals surface area contributed by atoms with Crippen molar-refractivity contribution in [1.82, 2.24) is 19.6 Å². The van der Waals surface area contributed by atoms with E-state index in [9.17, 15) is 9.59 Å². The first-order valence-corrected chi connectivity index (χ1v) is 9.76. The van der Waals surface area contributed by atoms with E-state index in [0.29, 0.717) is 49.6 Å². The van der Waals surface area contributed by atoms with Crippen LogP contribution in [-0.4, -0.2) is 57.6 Å². The molecule has 0 bridgehead atoms. The molecule has 6 nitrogen and oxygen atoms in total. The van der Waals surface area contributed by atoms with Gasteiger partial charge in [0, 0.05) is 33.1 Å². The summed E-state index contributed by atoms with van der Waals surface area (Å²) in [6.45, 7) is 7.82. The highest BCUT2D eigenvalue weighted by Gasteiger charge is 2.29. The molecule has 0 radical (unpaired) electrons. The first kappa shape index (κ1) is 19.4. The number of amides is 2. The van der Waals surface area contributed by atoms with Crippen LogP contribution in [-0.2, 0) is 17.6 Å². The number of benzene rings is 1. The third kappa shape index (κ3) is 3.72. The average Bonchev–Trinajstić information content (AvgIpc) is 3.06. The van der Waals surface area contributed by atoms with E-state index in [2.05, 4.69) is 0 Å². The van der Waals surface area contributed by atoms with Gasteiger partial charge >= 0.3 is 0 Å². The molecule has 1 aliphatic heterocycles. The summed E-state index contributed by atoms with van der Waals surface area (Å²) in [6, 6.07) is 7.53. The maximum Gasteiger partial charge on any atom is 0.257 e. The van der Waals surface area contributed by atoms with E-state index in [1.165, 1.54) is 0 Å². The van der Waals surface area contributed by atoms with Gasteiger partial charge in [-0.3, -0.25) is 9.59 Å². The molecule has 0 aliphatic carbocycles. The summed E-state index contributed by atoms with van der Waals surface area (Å²) in [5, 5.41) is 5.31. The van der Waals surface area contributed by atoms with Crippen molar-refractivity contribution in [3.63, 3.8) is 0 Å². The summed E-state index contributed by atoms with van der Waals surface area (Å²) in [5.41, 5.74) is 3.12. The number of aryl methyl sites for hydroxylation is 1. The van der Waals surface area contributed by atoms with Crippen molar-refractivity contribution < 1.29 is 9.59 Å². The van der Waals surface area contributed by atoms with Gasteiger partial charge in [0.15, 0.2) is 0 Å². The zero-order valence-corrected chi connectivity index (χ0v) is 16.8. The molecule has 2 aromatic rings. The Balaban J connectivity index is 1.97. The van der Waals surface area contributed by atoms with E-state index in [0.717, 1.165) is 17.1 Å². The number of piperazine rings is 1. The maximum absolute atomic E-state index is 13.3. The molecule has 3 rings (SSSR count). The number of carbonyl (C=O) groups is 2. The molecule has 1 saturated heterocycles. The summed E-state index contributed by atoms with van der Waals surface area (Å²) in [5.74, 6) is 0.0438. The Morgan fingerprint density at radius 2 is 1.67 bits per heavy atom. The molecule has 1 fully saturated rings. The number of hydrogen-bond donors (Lipinski definition) is 0. The monoisotopic (exact) mass is 388 g/mol. The van der Waals surface area contributed by atoms with Gasteiger partial charge in [-0.2, -0.15) is 5.10 Å². The largest absolute Gasteiger partial charge is 0.339 e. The van der Waals surface area contributed by atoms with E-state index in [-0.39, 0.29) is 11.8 Å². The van der Waals surface area contributed by atoms with Crippen molar-refractivity contribution >= 4 is 23.4 Å². The first-order valence-electron chi connectivity index (χ1n) is 9.38. The van der Waals surface area contributed by atoms with Crippen molar-refractivity contribution in [2.45, 2.75) is 33.6 Å². The summed E-state index contributed by atoms with van der Waals surface area (Å²) >= 11 is 6.37. The smallest absolute Gasteiger partial charge is 0.257 e. The highest BCUT2D eigenvalue weighted by molar-refractivity contribution is 6.32. The van der Waals surface area contributed by atoms with Crippen LogP contribution in [0.15, 0.2) is 24.3 Å². The fraction of sp³-hybridized carbons (Fsp3) is 0.450. The second-order valence-electron chi connectivity index (χ2n) is 6.64. The number of hydrogen-bond acceptors (Lipinski definition) is 3. The number of para-hydroxylation sites is 1. The lowest BCUT2D eigenvalue weighted by molar-refractivity contribution is -0.130. The molecule has 2 heterocycles. The predicted molar refractivity (Wildman–Crippen MR) is 105 cm³/mol. The van der Waals surface area contributed by atoms with Crippen LogP contribution < -0.4 is 0 Å². The molecular weight excluding hydrogens is 364 g/mol. The van der Waals surface area contributed by atoms with Crippen LogP contribution in [0.4, 0.5) is 0 Å². The molecule has 1 aromatic heterocycles. The minimum Gasteiger partial charge on any atom is -0.339 e. The summed E-state index contributed by atoms with van der Waals surface area (Å²) < 4.78 is 1.81. The average molecular weight is 389 g/mol. The third-order valence-electron chi connectivity index (χ3n) is 5.03. The Morgan fingerprint density at radius 3 is 2.22 bits per heavy atom. The molecule has 1 aromatic carbocycles. The highest BCUT2D eigenvalue weighted by Crippen LogP contribution is 2.26. The van der Waals surface area contributed by atoms with E-state index in [1.807, 2.05) is 43.0 Å². The Bertz CT molecular complexity index is 854.